The van der Waals surface area contributed by atoms with Gasteiger partial charge in [0, 0.05) is 5.41 Å². The first-order valence-electron chi connectivity index (χ1n) is 7.19. The van der Waals surface area contributed by atoms with Gasteiger partial charge in [0.25, 0.3) is 0 Å². The molecule has 2 nitrogen and oxygen atoms in total. The number of rotatable bonds is 1. The lowest BCUT2D eigenvalue weighted by atomic mass is 9.89. The molecule has 0 unspecified atom stereocenters. The van der Waals surface area contributed by atoms with Crippen molar-refractivity contribution < 1.29 is 0 Å². The molecule has 0 radical (unpaired) electrons. The van der Waals surface area contributed by atoms with Crippen LogP contribution < -0.4 is 0 Å². The third-order valence-electron chi connectivity index (χ3n) is 3.65. The molecule has 0 N–H and O–H groups in total. The minimum absolute atomic E-state index is 0.0260. The van der Waals surface area contributed by atoms with Gasteiger partial charge in [0.2, 0.25) is 0 Å². The summed E-state index contributed by atoms with van der Waals surface area (Å²) >= 11 is 0. The Morgan fingerprint density at radius 1 is 0.900 bits per heavy atom. The number of fused-ring (bicyclic) bond motifs is 2. The minimum Gasteiger partial charge on any atom is -0.249 e. The van der Waals surface area contributed by atoms with E-state index in [1.54, 1.807) is 0 Å². The van der Waals surface area contributed by atoms with Crippen LogP contribution in [0.4, 0.5) is 0 Å². The molecule has 0 saturated heterocycles. The molecule has 1 aromatic heterocycles. The number of hydrogen-bond acceptors (Lipinski definition) is 2. The summed E-state index contributed by atoms with van der Waals surface area (Å²) in [7, 11) is 0. The van der Waals surface area contributed by atoms with Gasteiger partial charge in [-0.3, -0.25) is 0 Å². The summed E-state index contributed by atoms with van der Waals surface area (Å²) in [4.78, 5) is 9.75. The molecule has 0 amide bonds. The third-order valence-corrected chi connectivity index (χ3v) is 3.65. The van der Waals surface area contributed by atoms with Crippen LogP contribution in [0.25, 0.3) is 21.8 Å². The van der Waals surface area contributed by atoms with Gasteiger partial charge in [-0.05, 0) is 29.3 Å². The van der Waals surface area contributed by atoms with Gasteiger partial charge in [-0.2, -0.15) is 0 Å². The number of nitrogens with zero attached hydrogens (tertiary/aromatic N) is 2. The average molecular weight is 264 g/mol. The third kappa shape index (κ3) is 2.15. The van der Waals surface area contributed by atoms with Gasteiger partial charge in [0.15, 0.2) is 0 Å². The summed E-state index contributed by atoms with van der Waals surface area (Å²) in [5.74, 6) is 0. The van der Waals surface area contributed by atoms with Crippen molar-refractivity contribution >= 4 is 21.8 Å². The van der Waals surface area contributed by atoms with E-state index in [1.807, 2.05) is 0 Å². The van der Waals surface area contributed by atoms with Crippen molar-refractivity contribution in [3.8, 4) is 0 Å². The Morgan fingerprint density at radius 2 is 1.45 bits per heavy atom. The van der Waals surface area contributed by atoms with E-state index in [0.29, 0.717) is 0 Å². The van der Waals surface area contributed by atoms with Gasteiger partial charge < -0.3 is 0 Å². The van der Waals surface area contributed by atoms with Crippen LogP contribution in [0.3, 0.4) is 0 Å². The molecule has 0 aliphatic heterocycles. The van der Waals surface area contributed by atoms with E-state index in [4.69, 9.17) is 9.97 Å². The highest BCUT2D eigenvalue weighted by molar-refractivity contribution is 5.94. The molecule has 0 saturated carbocycles. The molecule has 3 aromatic rings. The van der Waals surface area contributed by atoms with E-state index in [1.165, 1.54) is 10.8 Å². The second-order valence-corrected chi connectivity index (χ2v) is 6.31. The van der Waals surface area contributed by atoms with Gasteiger partial charge in [0.05, 0.1) is 22.4 Å². The van der Waals surface area contributed by atoms with Crippen LogP contribution in [0.15, 0.2) is 36.4 Å². The van der Waals surface area contributed by atoms with E-state index in [-0.39, 0.29) is 5.41 Å². The zero-order valence-electron chi connectivity index (χ0n) is 12.6. The molecule has 0 bridgehead atoms. The maximum absolute atomic E-state index is 4.90. The van der Waals surface area contributed by atoms with Crippen LogP contribution in [0, 0.1) is 0 Å². The molecule has 0 spiro atoms. The van der Waals surface area contributed by atoms with Gasteiger partial charge in [0.1, 0.15) is 0 Å². The largest absolute Gasteiger partial charge is 0.249 e. The molecule has 2 aromatic carbocycles. The summed E-state index contributed by atoms with van der Waals surface area (Å²) in [6.45, 7) is 8.74. The molecule has 0 aliphatic rings. The first kappa shape index (κ1) is 13.0. The summed E-state index contributed by atoms with van der Waals surface area (Å²) in [6, 6.07) is 12.7. The van der Waals surface area contributed by atoms with Gasteiger partial charge >= 0.3 is 0 Å². The van der Waals surface area contributed by atoms with Crippen molar-refractivity contribution in [2.75, 3.05) is 0 Å². The highest BCUT2D eigenvalue weighted by atomic mass is 14.8. The zero-order chi connectivity index (χ0) is 14.3. The van der Waals surface area contributed by atoms with E-state index in [2.05, 4.69) is 64.1 Å². The number of aromatic nitrogens is 2. The fourth-order valence-electron chi connectivity index (χ4n) is 2.63. The smallest absolute Gasteiger partial charge is 0.0897 e. The SMILES string of the molecule is CCc1nc2cc3ccccc3cc2nc1C(C)(C)C. The van der Waals surface area contributed by atoms with E-state index >= 15 is 0 Å². The van der Waals surface area contributed by atoms with Crippen molar-refractivity contribution in [2.24, 2.45) is 0 Å². The molecule has 3 rings (SSSR count). The van der Waals surface area contributed by atoms with E-state index in [0.717, 1.165) is 28.8 Å². The van der Waals surface area contributed by atoms with Crippen LogP contribution in [0.5, 0.6) is 0 Å². The normalized spacial score (nSPS) is 12.2. The first-order valence-corrected chi connectivity index (χ1v) is 7.19. The maximum Gasteiger partial charge on any atom is 0.0897 e. The van der Waals surface area contributed by atoms with E-state index in [9.17, 15) is 0 Å². The molecule has 20 heavy (non-hydrogen) atoms. The molecule has 0 aliphatic carbocycles. The Kier molecular flexibility index (Phi) is 2.97. The van der Waals surface area contributed by atoms with Gasteiger partial charge in [-0.15, -0.1) is 0 Å². The number of aryl methyl sites for hydroxylation is 1. The molecular weight excluding hydrogens is 244 g/mol. The Morgan fingerprint density at radius 3 is 1.95 bits per heavy atom. The van der Waals surface area contributed by atoms with Crippen LogP contribution in [-0.2, 0) is 11.8 Å². The fraction of sp³-hybridized carbons (Fsp3) is 0.333. The number of hydrogen-bond donors (Lipinski definition) is 0. The van der Waals surface area contributed by atoms with Crippen molar-refractivity contribution in [2.45, 2.75) is 39.5 Å². The highest BCUT2D eigenvalue weighted by Crippen LogP contribution is 2.27. The molecule has 0 atom stereocenters. The molecule has 1 heterocycles. The quantitative estimate of drug-likeness (QED) is 0.598. The monoisotopic (exact) mass is 264 g/mol. The van der Waals surface area contributed by atoms with Crippen molar-refractivity contribution in [3.05, 3.63) is 47.8 Å². The maximum atomic E-state index is 4.90. The van der Waals surface area contributed by atoms with Gasteiger partial charge in [-0.25, -0.2) is 9.97 Å². The van der Waals surface area contributed by atoms with Crippen LogP contribution >= 0.6 is 0 Å². The Balaban J connectivity index is 2.36. The fourth-order valence-corrected chi connectivity index (χ4v) is 2.63. The zero-order valence-corrected chi connectivity index (χ0v) is 12.6. The van der Waals surface area contributed by atoms with Crippen LogP contribution in [0.1, 0.15) is 39.1 Å². The second kappa shape index (κ2) is 4.55. The summed E-state index contributed by atoms with van der Waals surface area (Å²) in [5.41, 5.74) is 4.24. The van der Waals surface area contributed by atoms with Gasteiger partial charge in [-0.1, -0.05) is 52.0 Å². The highest BCUT2D eigenvalue weighted by Gasteiger charge is 2.21. The topological polar surface area (TPSA) is 25.8 Å². The van der Waals surface area contributed by atoms with Crippen molar-refractivity contribution in [3.63, 3.8) is 0 Å². The second-order valence-electron chi connectivity index (χ2n) is 6.31. The lowest BCUT2D eigenvalue weighted by molar-refractivity contribution is 0.559. The lowest BCUT2D eigenvalue weighted by Gasteiger charge is -2.21. The predicted molar refractivity (Wildman–Crippen MR) is 85.1 cm³/mol. The summed E-state index contributed by atoms with van der Waals surface area (Å²) in [6.07, 6.45) is 0.919. The van der Waals surface area contributed by atoms with Crippen molar-refractivity contribution in [1.82, 2.24) is 9.97 Å². The molecule has 2 heteroatoms. The molecule has 102 valence electrons. The summed E-state index contributed by atoms with van der Waals surface area (Å²) in [5, 5.41) is 2.44. The van der Waals surface area contributed by atoms with Crippen molar-refractivity contribution in [1.29, 1.82) is 0 Å². The standard InChI is InChI=1S/C18H20N2/c1-5-14-17(18(2,3)4)20-16-11-13-9-7-6-8-12(13)10-15(16)19-14/h6-11H,5H2,1-4H3. The molecule has 0 fully saturated rings. The predicted octanol–water partition coefficient (Wildman–Crippen LogP) is 4.64. The first-order chi connectivity index (χ1) is 9.49. The number of benzene rings is 2. The summed E-state index contributed by atoms with van der Waals surface area (Å²) < 4.78 is 0. The minimum atomic E-state index is 0.0260. The average Bonchev–Trinajstić information content (AvgIpc) is 2.42. The molecular formula is C18H20N2. The van der Waals surface area contributed by atoms with Crippen LogP contribution in [0.2, 0.25) is 0 Å². The van der Waals surface area contributed by atoms with E-state index < -0.39 is 0 Å². The Bertz CT molecular complexity index is 782. The Labute approximate surface area is 119 Å². The lowest BCUT2D eigenvalue weighted by Crippen LogP contribution is -2.17. The Hall–Kier alpha value is -1.96. The van der Waals surface area contributed by atoms with Crippen LogP contribution in [-0.4, -0.2) is 9.97 Å².